The zero-order valence-corrected chi connectivity index (χ0v) is 22.6. The number of nitrogens with zero attached hydrogens (tertiary/aromatic N) is 1. The van der Waals surface area contributed by atoms with E-state index in [1.807, 2.05) is 12.1 Å². The summed E-state index contributed by atoms with van der Waals surface area (Å²) in [7, 11) is 0. The van der Waals surface area contributed by atoms with Crippen LogP contribution in [0.1, 0.15) is 89.7 Å². The number of hydrogen-bond acceptors (Lipinski definition) is 2. The Hall–Kier alpha value is -1.32. The summed E-state index contributed by atoms with van der Waals surface area (Å²) in [4.78, 5) is 2.49. The van der Waals surface area contributed by atoms with Crippen LogP contribution in [0.5, 0.6) is 0 Å². The lowest BCUT2D eigenvalue weighted by Gasteiger charge is -2.25. The zero-order valence-electron chi connectivity index (χ0n) is 21.1. The van der Waals surface area contributed by atoms with Crippen molar-refractivity contribution in [3.63, 3.8) is 0 Å². The monoisotopic (exact) mass is 503 g/mol. The Kier molecular flexibility index (Phi) is 13.3. The van der Waals surface area contributed by atoms with E-state index in [1.54, 1.807) is 0 Å². The standard InChI is InChI=1S/C30H42ClNO.ClH/c1-3-5-7-9-13-19-32(20-14-10-8-6-4-2)23-30(33)25-18-17-24-22-29(31)27-16-12-11-15-26(27)28(24)21-25;/h11-12,15-18,21-22,30,33H,3-10,13-14,19-20,23H2,1-2H3;1H. The van der Waals surface area contributed by atoms with E-state index in [2.05, 4.69) is 55.1 Å². The lowest BCUT2D eigenvalue weighted by molar-refractivity contribution is 0.110. The Morgan fingerprint density at radius 2 is 1.32 bits per heavy atom. The lowest BCUT2D eigenvalue weighted by Crippen LogP contribution is -2.31. The summed E-state index contributed by atoms with van der Waals surface area (Å²) < 4.78 is 0. The Balaban J connectivity index is 0.00000408. The van der Waals surface area contributed by atoms with Crippen LogP contribution in [0.3, 0.4) is 0 Å². The third-order valence-electron chi connectivity index (χ3n) is 6.81. The van der Waals surface area contributed by atoms with Crippen LogP contribution in [0, 0.1) is 0 Å². The van der Waals surface area contributed by atoms with Gasteiger partial charge in [0.15, 0.2) is 0 Å². The third-order valence-corrected chi connectivity index (χ3v) is 7.12. The molecule has 1 N–H and O–H groups in total. The molecule has 0 radical (unpaired) electrons. The van der Waals surface area contributed by atoms with Crippen molar-refractivity contribution in [2.45, 2.75) is 84.2 Å². The predicted molar refractivity (Wildman–Crippen MR) is 153 cm³/mol. The highest BCUT2D eigenvalue weighted by molar-refractivity contribution is 6.37. The van der Waals surface area contributed by atoms with Gasteiger partial charge in [0.05, 0.1) is 6.10 Å². The second-order valence-corrected chi connectivity index (χ2v) is 9.94. The minimum absolute atomic E-state index is 0. The van der Waals surface area contributed by atoms with Crippen molar-refractivity contribution >= 4 is 45.6 Å². The molecular formula is C30H43Cl2NO. The second-order valence-electron chi connectivity index (χ2n) is 9.53. The van der Waals surface area contributed by atoms with Gasteiger partial charge < -0.3 is 10.0 Å². The van der Waals surface area contributed by atoms with Gasteiger partial charge in [-0.05, 0) is 59.8 Å². The molecule has 1 unspecified atom stereocenters. The van der Waals surface area contributed by atoms with Crippen molar-refractivity contribution < 1.29 is 5.11 Å². The van der Waals surface area contributed by atoms with Gasteiger partial charge in [-0.2, -0.15) is 0 Å². The number of aliphatic hydroxyl groups is 1. The van der Waals surface area contributed by atoms with E-state index in [0.717, 1.165) is 45.2 Å². The number of hydrogen-bond donors (Lipinski definition) is 1. The fraction of sp³-hybridized carbons (Fsp3) is 0.533. The minimum Gasteiger partial charge on any atom is -0.387 e. The highest BCUT2D eigenvalue weighted by Crippen LogP contribution is 2.33. The van der Waals surface area contributed by atoms with E-state index in [4.69, 9.17) is 11.6 Å². The maximum absolute atomic E-state index is 11.2. The minimum atomic E-state index is -0.477. The number of rotatable bonds is 15. The average molecular weight is 505 g/mol. The first-order valence-electron chi connectivity index (χ1n) is 13.1. The van der Waals surface area contributed by atoms with Crippen LogP contribution in [0.25, 0.3) is 21.5 Å². The predicted octanol–water partition coefficient (Wildman–Crippen LogP) is 9.34. The van der Waals surface area contributed by atoms with Gasteiger partial charge in [-0.3, -0.25) is 0 Å². The van der Waals surface area contributed by atoms with E-state index in [0.29, 0.717) is 6.54 Å². The van der Waals surface area contributed by atoms with Crippen LogP contribution >= 0.6 is 24.0 Å². The van der Waals surface area contributed by atoms with Crippen LogP contribution < -0.4 is 0 Å². The normalized spacial score (nSPS) is 12.4. The number of fused-ring (bicyclic) bond motifs is 3. The van der Waals surface area contributed by atoms with Gasteiger partial charge >= 0.3 is 0 Å². The van der Waals surface area contributed by atoms with Crippen molar-refractivity contribution in [3.8, 4) is 0 Å². The van der Waals surface area contributed by atoms with Crippen LogP contribution in [-0.4, -0.2) is 29.6 Å². The number of halogens is 2. The molecule has 0 aliphatic carbocycles. The second kappa shape index (κ2) is 15.6. The van der Waals surface area contributed by atoms with Crippen molar-refractivity contribution in [3.05, 3.63) is 59.1 Å². The van der Waals surface area contributed by atoms with Crippen LogP contribution in [0.4, 0.5) is 0 Å². The molecule has 1 atom stereocenters. The number of benzene rings is 3. The molecule has 0 aliphatic rings. The summed E-state index contributed by atoms with van der Waals surface area (Å²) in [6.45, 7) is 7.40. The molecule has 0 saturated carbocycles. The van der Waals surface area contributed by atoms with Crippen LogP contribution in [0.2, 0.25) is 5.02 Å². The van der Waals surface area contributed by atoms with E-state index >= 15 is 0 Å². The molecule has 0 aromatic heterocycles. The number of aliphatic hydroxyl groups excluding tert-OH is 1. The SMILES string of the molecule is CCCCCCCN(CCCCCCC)CC(O)c1ccc2cc(Cl)c3ccccc3c2c1.Cl. The Labute approximate surface area is 218 Å². The summed E-state index contributed by atoms with van der Waals surface area (Å²) in [5, 5.41) is 16.5. The molecule has 0 amide bonds. The first-order valence-corrected chi connectivity index (χ1v) is 13.5. The molecule has 0 saturated heterocycles. The molecular weight excluding hydrogens is 461 g/mol. The van der Waals surface area contributed by atoms with E-state index in [-0.39, 0.29) is 12.4 Å². The first kappa shape index (κ1) is 28.9. The van der Waals surface area contributed by atoms with Crippen molar-refractivity contribution in [1.82, 2.24) is 4.90 Å². The summed E-state index contributed by atoms with van der Waals surface area (Å²) in [5.74, 6) is 0. The average Bonchev–Trinajstić information content (AvgIpc) is 2.83. The van der Waals surface area contributed by atoms with E-state index in [1.165, 1.54) is 64.2 Å². The molecule has 34 heavy (non-hydrogen) atoms. The Morgan fingerprint density at radius 3 is 1.94 bits per heavy atom. The van der Waals surface area contributed by atoms with Crippen LogP contribution in [-0.2, 0) is 0 Å². The lowest BCUT2D eigenvalue weighted by atomic mass is 9.98. The molecule has 0 bridgehead atoms. The third kappa shape index (κ3) is 8.41. The summed E-state index contributed by atoms with van der Waals surface area (Å²) in [6.07, 6.45) is 12.4. The molecule has 0 spiro atoms. The van der Waals surface area contributed by atoms with Gasteiger partial charge in [0.2, 0.25) is 0 Å². The molecule has 188 valence electrons. The first-order chi connectivity index (χ1) is 16.1. The largest absolute Gasteiger partial charge is 0.387 e. The summed E-state index contributed by atoms with van der Waals surface area (Å²) in [5.41, 5.74) is 0.997. The van der Waals surface area contributed by atoms with Gasteiger partial charge in [-0.15, -0.1) is 12.4 Å². The summed E-state index contributed by atoms with van der Waals surface area (Å²) in [6, 6.07) is 16.6. The fourth-order valence-corrected chi connectivity index (χ4v) is 5.09. The van der Waals surface area contributed by atoms with Crippen molar-refractivity contribution in [2.24, 2.45) is 0 Å². The van der Waals surface area contributed by atoms with Crippen LogP contribution in [0.15, 0.2) is 48.5 Å². The van der Waals surface area contributed by atoms with Gasteiger partial charge in [-0.25, -0.2) is 0 Å². The smallest absolute Gasteiger partial charge is 0.0917 e. The molecule has 3 aromatic rings. The fourth-order valence-electron chi connectivity index (χ4n) is 4.80. The molecule has 2 nitrogen and oxygen atoms in total. The maximum Gasteiger partial charge on any atom is 0.0917 e. The van der Waals surface area contributed by atoms with Crippen molar-refractivity contribution in [1.29, 1.82) is 0 Å². The topological polar surface area (TPSA) is 23.5 Å². The molecule has 3 rings (SSSR count). The summed E-state index contributed by atoms with van der Waals surface area (Å²) >= 11 is 6.51. The highest BCUT2D eigenvalue weighted by atomic mass is 35.5. The van der Waals surface area contributed by atoms with E-state index < -0.39 is 6.10 Å². The highest BCUT2D eigenvalue weighted by Gasteiger charge is 2.15. The van der Waals surface area contributed by atoms with Gasteiger partial charge in [-0.1, -0.05) is 113 Å². The maximum atomic E-state index is 11.2. The Bertz CT molecular complexity index is 976. The molecule has 0 heterocycles. The molecule has 0 fully saturated rings. The molecule has 0 aliphatic heterocycles. The van der Waals surface area contributed by atoms with Gasteiger partial charge in [0.25, 0.3) is 0 Å². The Morgan fingerprint density at radius 1 is 0.735 bits per heavy atom. The van der Waals surface area contributed by atoms with Gasteiger partial charge in [0, 0.05) is 17.0 Å². The van der Waals surface area contributed by atoms with E-state index in [9.17, 15) is 5.11 Å². The van der Waals surface area contributed by atoms with Gasteiger partial charge in [0.1, 0.15) is 0 Å². The molecule has 3 aromatic carbocycles. The van der Waals surface area contributed by atoms with Crippen molar-refractivity contribution in [2.75, 3.05) is 19.6 Å². The zero-order chi connectivity index (χ0) is 23.5. The molecule has 4 heteroatoms. The number of unbranched alkanes of at least 4 members (excludes halogenated alkanes) is 8. The quantitative estimate of drug-likeness (QED) is 0.165.